The fourth-order valence-electron chi connectivity index (χ4n) is 5.27. The Hall–Kier alpha value is -2.01. The van der Waals surface area contributed by atoms with Gasteiger partial charge in [0.2, 0.25) is 6.29 Å². The molecular formula is C26H37NO8. The molecule has 194 valence electrons. The number of benzene rings is 1. The number of aliphatic hydroxyl groups is 4. The molecule has 3 saturated heterocycles. The first-order chi connectivity index (χ1) is 16.8. The summed E-state index contributed by atoms with van der Waals surface area (Å²) in [6, 6.07) is 5.42. The van der Waals surface area contributed by atoms with Gasteiger partial charge in [-0.2, -0.15) is 0 Å². The second-order valence-corrected chi connectivity index (χ2v) is 10.0. The van der Waals surface area contributed by atoms with E-state index < -0.39 is 37.3 Å². The summed E-state index contributed by atoms with van der Waals surface area (Å²) in [6.45, 7) is 6.02. The predicted octanol–water partition coefficient (Wildman–Crippen LogP) is 1.02. The first-order valence-corrected chi connectivity index (χ1v) is 12.4. The maximum atomic E-state index is 13.0. The van der Waals surface area contributed by atoms with Gasteiger partial charge in [0, 0.05) is 12.0 Å². The van der Waals surface area contributed by atoms with Crippen LogP contribution in [-0.2, 0) is 15.9 Å². The van der Waals surface area contributed by atoms with Crippen molar-refractivity contribution in [1.29, 1.82) is 0 Å². The normalized spacial score (nSPS) is 32.8. The summed E-state index contributed by atoms with van der Waals surface area (Å²) in [5, 5.41) is 39.7. The third kappa shape index (κ3) is 5.87. The molecule has 3 aliphatic rings. The van der Waals surface area contributed by atoms with Crippen LogP contribution in [0.15, 0.2) is 29.8 Å². The Balaban J connectivity index is 1.47. The Labute approximate surface area is 205 Å². The van der Waals surface area contributed by atoms with Crippen LogP contribution >= 0.6 is 0 Å². The molecule has 7 unspecified atom stereocenters. The van der Waals surface area contributed by atoms with Crippen LogP contribution in [0.3, 0.4) is 0 Å². The second-order valence-electron chi connectivity index (χ2n) is 10.0. The van der Waals surface area contributed by atoms with E-state index in [1.54, 1.807) is 18.2 Å². The molecule has 3 fully saturated rings. The van der Waals surface area contributed by atoms with Crippen LogP contribution in [-0.4, -0.2) is 94.3 Å². The lowest BCUT2D eigenvalue weighted by Crippen LogP contribution is -2.60. The quantitative estimate of drug-likeness (QED) is 0.311. The van der Waals surface area contributed by atoms with Crippen LogP contribution in [0.25, 0.3) is 0 Å². The number of ether oxygens (including phenoxy) is 3. The van der Waals surface area contributed by atoms with E-state index in [1.807, 2.05) is 19.9 Å². The zero-order valence-corrected chi connectivity index (χ0v) is 20.4. The van der Waals surface area contributed by atoms with Crippen molar-refractivity contribution in [2.24, 2.45) is 5.92 Å². The summed E-state index contributed by atoms with van der Waals surface area (Å²) in [6.07, 6.45) is -0.964. The standard InChI is InChI=1S/C26H37NO8/c1-15(2)5-6-16-12-18(34-26-24(31)23(30)22(29)21(13-28)35-26)7-8-19(16)25(32)33-14-17-9-11-27-10-3-4-20(17)27/h5,7-8,12,17,20-24,26,28-31H,3-4,6,9-11,13-14H2,1-2H3. The smallest absolute Gasteiger partial charge is 0.338 e. The number of carbonyl (C=O) groups excluding carboxylic acids is 1. The zero-order valence-electron chi connectivity index (χ0n) is 20.4. The summed E-state index contributed by atoms with van der Waals surface area (Å²) >= 11 is 0. The molecule has 0 radical (unpaired) electrons. The SMILES string of the molecule is CC(C)=CCc1cc(OC2OC(CO)C(O)C(O)C2O)ccc1C(=O)OCC1CCN2CCCC12. The van der Waals surface area contributed by atoms with Gasteiger partial charge in [0.05, 0.1) is 18.8 Å². The third-order valence-corrected chi connectivity index (χ3v) is 7.30. The van der Waals surface area contributed by atoms with E-state index in [2.05, 4.69) is 4.90 Å². The number of hydrogen-bond donors (Lipinski definition) is 4. The van der Waals surface area contributed by atoms with Gasteiger partial charge in [-0.25, -0.2) is 4.79 Å². The number of esters is 1. The van der Waals surface area contributed by atoms with Crippen LogP contribution in [0.4, 0.5) is 0 Å². The lowest BCUT2D eigenvalue weighted by molar-refractivity contribution is -0.277. The Bertz CT molecular complexity index is 915. The molecule has 4 N–H and O–H groups in total. The van der Waals surface area contributed by atoms with Crippen molar-refractivity contribution in [2.75, 3.05) is 26.3 Å². The van der Waals surface area contributed by atoms with Crippen LogP contribution in [0, 0.1) is 5.92 Å². The number of carbonyl (C=O) groups is 1. The van der Waals surface area contributed by atoms with Gasteiger partial charge in [-0.05, 0) is 76.4 Å². The Morgan fingerprint density at radius 2 is 1.94 bits per heavy atom. The van der Waals surface area contributed by atoms with Gasteiger partial charge < -0.3 is 34.6 Å². The lowest BCUT2D eigenvalue weighted by atomic mass is 9.99. The highest BCUT2D eigenvalue weighted by Gasteiger charge is 2.44. The second kappa shape index (κ2) is 11.4. The molecule has 0 spiro atoms. The average Bonchev–Trinajstić information content (AvgIpc) is 3.46. The molecule has 0 aliphatic carbocycles. The molecule has 3 aliphatic heterocycles. The third-order valence-electron chi connectivity index (χ3n) is 7.30. The van der Waals surface area contributed by atoms with Crippen LogP contribution in [0.2, 0.25) is 0 Å². The van der Waals surface area contributed by atoms with E-state index >= 15 is 0 Å². The van der Waals surface area contributed by atoms with Crippen molar-refractivity contribution in [3.8, 4) is 5.75 Å². The highest BCUT2D eigenvalue weighted by Crippen LogP contribution is 2.33. The molecule has 3 heterocycles. The Kier molecular flexibility index (Phi) is 8.46. The van der Waals surface area contributed by atoms with E-state index in [1.165, 1.54) is 6.42 Å². The fourth-order valence-corrected chi connectivity index (χ4v) is 5.27. The van der Waals surface area contributed by atoms with Gasteiger partial charge in [0.25, 0.3) is 0 Å². The average molecular weight is 492 g/mol. The van der Waals surface area contributed by atoms with E-state index in [0.29, 0.717) is 41.9 Å². The molecule has 9 heteroatoms. The van der Waals surface area contributed by atoms with Gasteiger partial charge in [-0.1, -0.05) is 11.6 Å². The highest BCUT2D eigenvalue weighted by molar-refractivity contribution is 5.91. The molecular weight excluding hydrogens is 454 g/mol. The molecule has 0 bridgehead atoms. The number of hydrogen-bond acceptors (Lipinski definition) is 9. The van der Waals surface area contributed by atoms with Gasteiger partial charge in [-0.15, -0.1) is 0 Å². The maximum Gasteiger partial charge on any atom is 0.338 e. The predicted molar refractivity (Wildman–Crippen MR) is 127 cm³/mol. The molecule has 35 heavy (non-hydrogen) atoms. The van der Waals surface area contributed by atoms with E-state index in [-0.39, 0.29) is 5.97 Å². The van der Waals surface area contributed by atoms with E-state index in [4.69, 9.17) is 14.2 Å². The highest BCUT2D eigenvalue weighted by atomic mass is 16.7. The minimum absolute atomic E-state index is 0.320. The van der Waals surface area contributed by atoms with Crippen molar-refractivity contribution >= 4 is 5.97 Å². The van der Waals surface area contributed by atoms with Crippen molar-refractivity contribution in [3.63, 3.8) is 0 Å². The Morgan fingerprint density at radius 3 is 2.69 bits per heavy atom. The van der Waals surface area contributed by atoms with Gasteiger partial charge in [0.1, 0.15) is 30.2 Å². The number of aliphatic hydroxyl groups excluding tert-OH is 4. The molecule has 0 amide bonds. The minimum atomic E-state index is -1.53. The van der Waals surface area contributed by atoms with Crippen LogP contribution in [0.5, 0.6) is 5.75 Å². The molecule has 4 rings (SSSR count). The summed E-state index contributed by atoms with van der Waals surface area (Å²) < 4.78 is 16.9. The molecule has 7 atom stereocenters. The van der Waals surface area contributed by atoms with Crippen LogP contribution < -0.4 is 4.74 Å². The molecule has 1 aromatic rings. The Morgan fingerprint density at radius 1 is 1.14 bits per heavy atom. The summed E-state index contributed by atoms with van der Waals surface area (Å²) in [4.78, 5) is 15.5. The van der Waals surface area contributed by atoms with Gasteiger partial charge in [0.15, 0.2) is 0 Å². The lowest BCUT2D eigenvalue weighted by Gasteiger charge is -2.39. The maximum absolute atomic E-state index is 13.0. The monoisotopic (exact) mass is 491 g/mol. The van der Waals surface area contributed by atoms with Crippen LogP contribution in [0.1, 0.15) is 49.0 Å². The molecule has 0 saturated carbocycles. The number of rotatable bonds is 8. The molecule has 9 nitrogen and oxygen atoms in total. The number of fused-ring (bicyclic) bond motifs is 1. The van der Waals surface area contributed by atoms with Crippen molar-refractivity contribution < 1.29 is 39.4 Å². The van der Waals surface area contributed by atoms with Crippen molar-refractivity contribution in [3.05, 3.63) is 41.0 Å². The van der Waals surface area contributed by atoms with Gasteiger partial charge >= 0.3 is 5.97 Å². The molecule has 1 aromatic carbocycles. The minimum Gasteiger partial charge on any atom is -0.462 e. The summed E-state index contributed by atoms with van der Waals surface area (Å²) in [7, 11) is 0. The first-order valence-electron chi connectivity index (χ1n) is 12.4. The zero-order chi connectivity index (χ0) is 25.1. The fraction of sp³-hybridized carbons (Fsp3) is 0.654. The largest absolute Gasteiger partial charge is 0.462 e. The molecule has 0 aromatic heterocycles. The first kappa shape index (κ1) is 26.1. The van der Waals surface area contributed by atoms with E-state index in [9.17, 15) is 25.2 Å². The van der Waals surface area contributed by atoms with Gasteiger partial charge in [-0.3, -0.25) is 4.90 Å². The topological polar surface area (TPSA) is 129 Å². The number of nitrogens with zero attached hydrogens (tertiary/aromatic N) is 1. The van der Waals surface area contributed by atoms with Crippen molar-refractivity contribution in [2.45, 2.75) is 76.3 Å². The van der Waals surface area contributed by atoms with E-state index in [0.717, 1.165) is 31.5 Å². The van der Waals surface area contributed by atoms with Crippen molar-refractivity contribution in [1.82, 2.24) is 4.90 Å². The summed E-state index contributed by atoms with van der Waals surface area (Å²) in [5.41, 5.74) is 2.24. The number of allylic oxidation sites excluding steroid dienone is 2. The summed E-state index contributed by atoms with van der Waals surface area (Å²) in [5.74, 6) is 0.315.